The van der Waals surface area contributed by atoms with E-state index in [4.69, 9.17) is 4.74 Å². The van der Waals surface area contributed by atoms with Gasteiger partial charge < -0.3 is 20.1 Å². The van der Waals surface area contributed by atoms with Crippen LogP contribution in [0, 0.1) is 34.0 Å². The van der Waals surface area contributed by atoms with Crippen molar-refractivity contribution in [2.45, 2.75) is 63.9 Å². The molecular formula is C20H28O5. The smallest absolute Gasteiger partial charge is 0.181 e. The number of ketones is 1. The molecule has 5 heteroatoms. The first-order valence-electron chi connectivity index (χ1n) is 9.59. The predicted octanol–water partition coefficient (Wildman–Crippen LogP) is 1.40. The van der Waals surface area contributed by atoms with Crippen LogP contribution in [0.25, 0.3) is 0 Å². The van der Waals surface area contributed by atoms with Gasteiger partial charge in [-0.25, -0.2) is 0 Å². The minimum atomic E-state index is -1.66. The highest BCUT2D eigenvalue weighted by Crippen LogP contribution is 2.76. The molecule has 2 saturated heterocycles. The minimum Gasteiger partial charge on any atom is -0.392 e. The van der Waals surface area contributed by atoms with E-state index in [-0.39, 0.29) is 35.6 Å². The van der Waals surface area contributed by atoms with Crippen LogP contribution in [0.1, 0.15) is 46.0 Å². The summed E-state index contributed by atoms with van der Waals surface area (Å²) >= 11 is 0. The molecule has 138 valence electrons. The summed E-state index contributed by atoms with van der Waals surface area (Å²) in [5.74, 6) is -2.37. The van der Waals surface area contributed by atoms with Crippen molar-refractivity contribution < 1.29 is 24.9 Å². The molecule has 5 nitrogen and oxygen atoms in total. The van der Waals surface area contributed by atoms with Crippen LogP contribution in [0.3, 0.4) is 0 Å². The van der Waals surface area contributed by atoms with Gasteiger partial charge in [0.1, 0.15) is 5.41 Å². The lowest BCUT2D eigenvalue weighted by Crippen LogP contribution is -2.80. The Labute approximate surface area is 148 Å². The molecule has 0 aromatic carbocycles. The molecule has 25 heavy (non-hydrogen) atoms. The van der Waals surface area contributed by atoms with Gasteiger partial charge in [0, 0.05) is 17.8 Å². The van der Waals surface area contributed by atoms with Gasteiger partial charge in [0.05, 0.1) is 18.8 Å². The zero-order chi connectivity index (χ0) is 18.0. The van der Waals surface area contributed by atoms with E-state index < -0.39 is 28.8 Å². The van der Waals surface area contributed by atoms with Crippen LogP contribution in [0.15, 0.2) is 12.2 Å². The van der Waals surface area contributed by atoms with Crippen LogP contribution in [0.4, 0.5) is 0 Å². The molecule has 4 aliphatic carbocycles. The third-order valence-electron chi connectivity index (χ3n) is 8.89. The van der Waals surface area contributed by atoms with E-state index in [2.05, 4.69) is 20.4 Å². The van der Waals surface area contributed by atoms with E-state index in [1.54, 1.807) is 0 Å². The van der Waals surface area contributed by atoms with Gasteiger partial charge in [0.15, 0.2) is 11.6 Å². The van der Waals surface area contributed by atoms with Gasteiger partial charge in [-0.2, -0.15) is 0 Å². The molecule has 2 spiro atoms. The number of carbonyl (C=O) groups is 1. The second-order valence-corrected chi connectivity index (χ2v) is 9.89. The molecule has 3 N–H and O–H groups in total. The van der Waals surface area contributed by atoms with Gasteiger partial charge in [-0.3, -0.25) is 4.79 Å². The molecule has 0 aromatic heterocycles. The van der Waals surface area contributed by atoms with Crippen molar-refractivity contribution >= 4 is 5.78 Å². The maximum Gasteiger partial charge on any atom is 0.181 e. The Bertz CT molecular complexity index is 686. The Balaban J connectivity index is 1.77. The van der Waals surface area contributed by atoms with Gasteiger partial charge in [-0.05, 0) is 48.5 Å². The van der Waals surface area contributed by atoms with E-state index in [9.17, 15) is 20.1 Å². The lowest BCUT2D eigenvalue weighted by atomic mass is 9.36. The van der Waals surface area contributed by atoms with Crippen molar-refractivity contribution in [3.63, 3.8) is 0 Å². The lowest BCUT2D eigenvalue weighted by Gasteiger charge is -2.73. The second kappa shape index (κ2) is 4.38. The first-order valence-corrected chi connectivity index (χ1v) is 9.59. The number of carbonyl (C=O) groups excluding carboxylic acids is 1. The molecule has 4 saturated carbocycles. The third-order valence-corrected chi connectivity index (χ3v) is 8.89. The maximum absolute atomic E-state index is 13.3. The van der Waals surface area contributed by atoms with E-state index in [1.165, 1.54) is 0 Å². The number of hydrogen-bond donors (Lipinski definition) is 3. The first-order chi connectivity index (χ1) is 11.6. The molecule has 2 heterocycles. The van der Waals surface area contributed by atoms with Crippen molar-refractivity contribution in [1.82, 2.24) is 0 Å². The van der Waals surface area contributed by atoms with Crippen LogP contribution >= 0.6 is 0 Å². The van der Waals surface area contributed by atoms with Crippen LogP contribution < -0.4 is 0 Å². The van der Waals surface area contributed by atoms with Crippen molar-refractivity contribution in [2.24, 2.45) is 34.0 Å². The summed E-state index contributed by atoms with van der Waals surface area (Å²) in [5.41, 5.74) is -1.54. The summed E-state index contributed by atoms with van der Waals surface area (Å²) in [7, 11) is 0. The van der Waals surface area contributed by atoms with Gasteiger partial charge in [0.25, 0.3) is 0 Å². The Morgan fingerprint density at radius 2 is 1.88 bits per heavy atom. The molecule has 6 fully saturated rings. The number of fused-ring (bicyclic) bond motifs is 2. The highest BCUT2D eigenvalue weighted by molar-refractivity contribution is 6.05. The van der Waals surface area contributed by atoms with Crippen LogP contribution in [0.2, 0.25) is 0 Å². The molecule has 4 bridgehead atoms. The maximum atomic E-state index is 13.3. The number of Topliss-reactive ketones (excluding diaryl/α,β-unsaturated/α-hetero) is 1. The zero-order valence-electron chi connectivity index (χ0n) is 15.0. The fourth-order valence-corrected chi connectivity index (χ4v) is 7.74. The average Bonchev–Trinajstić information content (AvgIpc) is 2.68. The Morgan fingerprint density at radius 1 is 1.16 bits per heavy atom. The standard InChI is InChI=1S/C20H28O5/c1-10-11-4-5-12-18-9-25-19(24,20(12,15(10)22)16(11)23)8-13(18)17(2,3)7-6-14(18)21/h11-14,16,21,23-24H,1,4-9H2,2-3H3/t11-,12-,13+,14-,16+,18-,19?,20-/m0/s1. The summed E-state index contributed by atoms with van der Waals surface area (Å²) in [4.78, 5) is 13.3. The molecule has 2 aliphatic heterocycles. The van der Waals surface area contributed by atoms with E-state index in [0.29, 0.717) is 24.8 Å². The van der Waals surface area contributed by atoms with Crippen LogP contribution in [-0.4, -0.2) is 45.7 Å². The minimum absolute atomic E-state index is 0.0426. The van der Waals surface area contributed by atoms with Gasteiger partial charge in [-0.15, -0.1) is 0 Å². The summed E-state index contributed by atoms with van der Waals surface area (Å²) in [5, 5.41) is 33.8. The third kappa shape index (κ3) is 1.44. The van der Waals surface area contributed by atoms with E-state index in [0.717, 1.165) is 12.8 Å². The molecule has 0 aromatic rings. The molecule has 6 rings (SSSR count). The van der Waals surface area contributed by atoms with Crippen molar-refractivity contribution in [2.75, 3.05) is 6.61 Å². The molecule has 0 amide bonds. The number of aliphatic hydroxyl groups excluding tert-OH is 2. The highest BCUT2D eigenvalue weighted by Gasteiger charge is 2.83. The van der Waals surface area contributed by atoms with Gasteiger partial charge in [0.2, 0.25) is 0 Å². The molecular weight excluding hydrogens is 320 g/mol. The molecule has 8 atom stereocenters. The highest BCUT2D eigenvalue weighted by atomic mass is 16.6. The number of hydrogen-bond acceptors (Lipinski definition) is 5. The molecule has 0 radical (unpaired) electrons. The molecule has 6 aliphatic rings. The number of rotatable bonds is 0. The Morgan fingerprint density at radius 3 is 2.60 bits per heavy atom. The number of aliphatic hydroxyl groups is 3. The normalized spacial score (nSPS) is 58.8. The SMILES string of the molecule is C=C1C(=O)[C@]23[C@H](O)[C@H]1CC[C@H]2[C@@]12COC3(O)C[C@@H]1C(C)(C)CC[C@@H]2O. The van der Waals surface area contributed by atoms with Gasteiger partial charge >= 0.3 is 0 Å². The zero-order valence-corrected chi connectivity index (χ0v) is 15.0. The van der Waals surface area contributed by atoms with Crippen molar-refractivity contribution in [3.8, 4) is 0 Å². The van der Waals surface area contributed by atoms with Crippen LogP contribution in [-0.2, 0) is 9.53 Å². The van der Waals surface area contributed by atoms with E-state index in [1.807, 2.05) is 0 Å². The monoisotopic (exact) mass is 348 g/mol. The predicted molar refractivity (Wildman–Crippen MR) is 89.3 cm³/mol. The fraction of sp³-hybridized carbons (Fsp3) is 0.850. The topological polar surface area (TPSA) is 87.0 Å². The Hall–Kier alpha value is -0.750. The van der Waals surface area contributed by atoms with Crippen LogP contribution in [0.5, 0.6) is 0 Å². The molecule has 1 unspecified atom stereocenters. The van der Waals surface area contributed by atoms with Crippen molar-refractivity contribution in [3.05, 3.63) is 12.2 Å². The summed E-state index contributed by atoms with van der Waals surface area (Å²) in [6.45, 7) is 8.59. The Kier molecular flexibility index (Phi) is 2.88. The van der Waals surface area contributed by atoms with Gasteiger partial charge in [-0.1, -0.05) is 20.4 Å². The fourth-order valence-electron chi connectivity index (χ4n) is 7.74. The summed E-state index contributed by atoms with van der Waals surface area (Å²) in [6.07, 6.45) is 1.75. The second-order valence-electron chi connectivity index (χ2n) is 9.89. The lowest BCUT2D eigenvalue weighted by molar-refractivity contribution is -0.426. The summed E-state index contributed by atoms with van der Waals surface area (Å²) < 4.78 is 5.94. The van der Waals surface area contributed by atoms with E-state index >= 15 is 0 Å². The largest absolute Gasteiger partial charge is 0.392 e. The number of ether oxygens (including phenoxy) is 1. The average molecular weight is 348 g/mol. The van der Waals surface area contributed by atoms with Crippen molar-refractivity contribution in [1.29, 1.82) is 0 Å². The first kappa shape index (κ1) is 16.4. The summed E-state index contributed by atoms with van der Waals surface area (Å²) in [6, 6.07) is 0. The quantitative estimate of drug-likeness (QED) is 0.576.